The Morgan fingerprint density at radius 3 is 2.21 bits per heavy atom. The number of aromatic nitrogens is 1. The van der Waals surface area contributed by atoms with Gasteiger partial charge >= 0.3 is 0 Å². The second-order valence-electron chi connectivity index (χ2n) is 9.45. The van der Waals surface area contributed by atoms with Gasteiger partial charge in [0.1, 0.15) is 5.76 Å². The number of carbonyl (C=O) groups excluding carboxylic acids is 1. The summed E-state index contributed by atoms with van der Waals surface area (Å²) in [6.45, 7) is 8.32. The molecule has 1 atom stereocenters. The number of likely N-dealkylation sites (tertiary alicyclic amines) is 2. The van der Waals surface area contributed by atoms with Crippen LogP contribution in [0.5, 0.6) is 0 Å². The first kappa shape index (κ1) is 21.9. The minimum absolute atomic E-state index is 0.142. The third-order valence-electron chi connectivity index (χ3n) is 7.21. The number of oxazole rings is 1. The zero-order valence-corrected chi connectivity index (χ0v) is 19.7. The molecule has 2 aliphatic rings. The van der Waals surface area contributed by atoms with Crippen LogP contribution < -0.4 is 0 Å². The van der Waals surface area contributed by atoms with Crippen molar-refractivity contribution in [1.82, 2.24) is 14.8 Å². The van der Waals surface area contributed by atoms with E-state index in [1.807, 2.05) is 36.1 Å². The minimum Gasteiger partial charge on any atom is -0.441 e. The van der Waals surface area contributed by atoms with Crippen LogP contribution in [0.15, 0.2) is 52.9 Å². The first-order chi connectivity index (χ1) is 16.1. The molecule has 5 rings (SSSR count). The highest BCUT2D eigenvalue weighted by Crippen LogP contribution is 2.27. The molecule has 0 aliphatic carbocycles. The SMILES string of the molecule is Cc1oc(-c2ccc(-c3ccc(C(=O)N4CCCC4)cc3)cc2)nc1CCN1CCCC1C. The van der Waals surface area contributed by atoms with Gasteiger partial charge in [0.25, 0.3) is 5.91 Å². The van der Waals surface area contributed by atoms with Crippen molar-refractivity contribution in [3.8, 4) is 22.6 Å². The molecule has 1 unspecified atom stereocenters. The number of rotatable bonds is 6. The first-order valence-electron chi connectivity index (χ1n) is 12.3. The van der Waals surface area contributed by atoms with E-state index in [0.29, 0.717) is 11.9 Å². The van der Waals surface area contributed by atoms with E-state index in [2.05, 4.69) is 36.1 Å². The Kier molecular flexibility index (Phi) is 6.32. The monoisotopic (exact) mass is 443 g/mol. The average molecular weight is 444 g/mol. The van der Waals surface area contributed by atoms with Crippen LogP contribution in [0.25, 0.3) is 22.6 Å². The van der Waals surface area contributed by atoms with E-state index < -0.39 is 0 Å². The maximum Gasteiger partial charge on any atom is 0.253 e. The molecule has 3 aromatic rings. The summed E-state index contributed by atoms with van der Waals surface area (Å²) in [6, 6.07) is 16.9. The molecular weight excluding hydrogens is 410 g/mol. The Bertz CT molecular complexity index is 1100. The Morgan fingerprint density at radius 2 is 1.58 bits per heavy atom. The van der Waals surface area contributed by atoms with Crippen molar-refractivity contribution >= 4 is 5.91 Å². The number of aryl methyl sites for hydroxylation is 1. The van der Waals surface area contributed by atoms with Crippen molar-refractivity contribution in [3.63, 3.8) is 0 Å². The lowest BCUT2D eigenvalue weighted by Gasteiger charge is -2.20. The summed E-state index contributed by atoms with van der Waals surface area (Å²) in [5.41, 5.74) is 5.03. The molecule has 0 spiro atoms. The molecule has 0 radical (unpaired) electrons. The van der Waals surface area contributed by atoms with E-state index in [0.717, 1.165) is 72.6 Å². The van der Waals surface area contributed by atoms with Crippen LogP contribution in [0.4, 0.5) is 0 Å². The smallest absolute Gasteiger partial charge is 0.253 e. The Balaban J connectivity index is 1.25. The van der Waals surface area contributed by atoms with E-state index in [9.17, 15) is 4.79 Å². The van der Waals surface area contributed by atoms with Crippen molar-refractivity contribution in [1.29, 1.82) is 0 Å². The summed E-state index contributed by atoms with van der Waals surface area (Å²) in [5, 5.41) is 0. The molecule has 0 N–H and O–H groups in total. The maximum atomic E-state index is 12.6. The van der Waals surface area contributed by atoms with Gasteiger partial charge in [-0.2, -0.15) is 0 Å². The quantitative estimate of drug-likeness (QED) is 0.499. The molecule has 5 nitrogen and oxygen atoms in total. The Morgan fingerprint density at radius 1 is 0.939 bits per heavy atom. The molecule has 33 heavy (non-hydrogen) atoms. The summed E-state index contributed by atoms with van der Waals surface area (Å²) in [6.07, 6.45) is 5.75. The fourth-order valence-corrected chi connectivity index (χ4v) is 5.07. The molecule has 2 aliphatic heterocycles. The van der Waals surface area contributed by atoms with Crippen molar-refractivity contribution < 1.29 is 9.21 Å². The lowest BCUT2D eigenvalue weighted by Crippen LogP contribution is -2.29. The highest BCUT2D eigenvalue weighted by Gasteiger charge is 2.21. The largest absolute Gasteiger partial charge is 0.441 e. The van der Waals surface area contributed by atoms with Gasteiger partial charge in [0.2, 0.25) is 5.89 Å². The second kappa shape index (κ2) is 9.52. The van der Waals surface area contributed by atoms with Crippen LogP contribution in [-0.4, -0.2) is 52.9 Å². The maximum absolute atomic E-state index is 12.6. The topological polar surface area (TPSA) is 49.6 Å². The predicted octanol–water partition coefficient (Wildman–Crippen LogP) is 5.58. The number of benzene rings is 2. The zero-order chi connectivity index (χ0) is 22.8. The van der Waals surface area contributed by atoms with E-state index in [4.69, 9.17) is 9.40 Å². The van der Waals surface area contributed by atoms with Crippen molar-refractivity contribution in [2.75, 3.05) is 26.2 Å². The summed E-state index contributed by atoms with van der Waals surface area (Å²) in [7, 11) is 0. The number of amides is 1. The van der Waals surface area contributed by atoms with E-state index in [1.54, 1.807) is 0 Å². The highest BCUT2D eigenvalue weighted by molar-refractivity contribution is 5.94. The lowest BCUT2D eigenvalue weighted by molar-refractivity contribution is 0.0793. The third-order valence-corrected chi connectivity index (χ3v) is 7.21. The second-order valence-corrected chi connectivity index (χ2v) is 9.45. The van der Waals surface area contributed by atoms with E-state index >= 15 is 0 Å². The van der Waals surface area contributed by atoms with Gasteiger partial charge in [-0.05, 0) is 81.5 Å². The fourth-order valence-electron chi connectivity index (χ4n) is 5.07. The Hall–Kier alpha value is -2.92. The Labute approximate surface area is 196 Å². The van der Waals surface area contributed by atoms with Crippen LogP contribution >= 0.6 is 0 Å². The summed E-state index contributed by atoms with van der Waals surface area (Å²) < 4.78 is 6.01. The lowest BCUT2D eigenvalue weighted by atomic mass is 10.0. The van der Waals surface area contributed by atoms with Crippen molar-refractivity contribution in [2.24, 2.45) is 0 Å². The molecule has 2 fully saturated rings. The summed E-state index contributed by atoms with van der Waals surface area (Å²) in [5.74, 6) is 1.75. The van der Waals surface area contributed by atoms with Gasteiger partial charge in [-0.1, -0.05) is 24.3 Å². The molecule has 1 amide bonds. The molecule has 0 bridgehead atoms. The van der Waals surface area contributed by atoms with Gasteiger partial charge in [-0.15, -0.1) is 0 Å². The van der Waals surface area contributed by atoms with Gasteiger partial charge in [0, 0.05) is 43.2 Å². The van der Waals surface area contributed by atoms with Crippen LogP contribution in [0.1, 0.15) is 54.4 Å². The zero-order valence-electron chi connectivity index (χ0n) is 19.7. The fraction of sp³-hybridized carbons (Fsp3) is 0.429. The molecular formula is C28H33N3O2. The minimum atomic E-state index is 0.142. The molecule has 0 saturated carbocycles. The van der Waals surface area contributed by atoms with Crippen LogP contribution in [0.2, 0.25) is 0 Å². The summed E-state index contributed by atoms with van der Waals surface area (Å²) >= 11 is 0. The normalized spacial score (nSPS) is 18.8. The van der Waals surface area contributed by atoms with Crippen LogP contribution in [0, 0.1) is 6.92 Å². The average Bonchev–Trinajstić information content (AvgIpc) is 3.60. The molecule has 3 heterocycles. The van der Waals surface area contributed by atoms with Crippen molar-refractivity contribution in [3.05, 3.63) is 65.5 Å². The van der Waals surface area contributed by atoms with Crippen LogP contribution in [-0.2, 0) is 6.42 Å². The number of nitrogens with zero attached hydrogens (tertiary/aromatic N) is 3. The van der Waals surface area contributed by atoms with Crippen LogP contribution in [0.3, 0.4) is 0 Å². The van der Waals surface area contributed by atoms with Gasteiger partial charge in [0.15, 0.2) is 0 Å². The molecule has 2 aromatic carbocycles. The van der Waals surface area contributed by atoms with Gasteiger partial charge in [0.05, 0.1) is 5.69 Å². The molecule has 1 aromatic heterocycles. The highest BCUT2D eigenvalue weighted by atomic mass is 16.4. The third kappa shape index (κ3) is 4.74. The van der Waals surface area contributed by atoms with Crippen molar-refractivity contribution in [2.45, 2.75) is 52.0 Å². The number of hydrogen-bond acceptors (Lipinski definition) is 4. The number of hydrogen-bond donors (Lipinski definition) is 0. The van der Waals surface area contributed by atoms with Gasteiger partial charge in [-0.3, -0.25) is 4.79 Å². The van der Waals surface area contributed by atoms with Gasteiger partial charge in [-0.25, -0.2) is 4.98 Å². The molecule has 2 saturated heterocycles. The van der Waals surface area contributed by atoms with Gasteiger partial charge < -0.3 is 14.2 Å². The predicted molar refractivity (Wildman–Crippen MR) is 131 cm³/mol. The standard InChI is InChI=1S/C28H33N3O2/c1-20-6-5-18-30(20)19-15-26-21(2)33-27(29-26)24-11-7-22(8-12-24)23-9-13-25(14-10-23)28(32)31-16-3-4-17-31/h7-14,20H,3-6,15-19H2,1-2H3. The molecule has 5 heteroatoms. The summed E-state index contributed by atoms with van der Waals surface area (Å²) in [4.78, 5) is 21.9. The van der Waals surface area contributed by atoms with E-state index in [-0.39, 0.29) is 5.91 Å². The molecule has 172 valence electrons. The van der Waals surface area contributed by atoms with E-state index in [1.165, 1.54) is 19.4 Å². The first-order valence-corrected chi connectivity index (χ1v) is 12.3. The number of carbonyl (C=O) groups is 1.